The zero-order valence-electron chi connectivity index (χ0n) is 18.1. The van der Waals surface area contributed by atoms with Gasteiger partial charge in [-0.3, -0.25) is 4.79 Å². The van der Waals surface area contributed by atoms with Crippen molar-refractivity contribution in [3.05, 3.63) is 11.1 Å². The maximum atomic E-state index is 12.2. The number of halogens is 1. The van der Waals surface area contributed by atoms with E-state index in [2.05, 4.69) is 51.1 Å². The van der Waals surface area contributed by atoms with Crippen LogP contribution < -0.4 is 11.1 Å². The van der Waals surface area contributed by atoms with Crippen molar-refractivity contribution in [2.45, 2.75) is 78.1 Å². The van der Waals surface area contributed by atoms with Gasteiger partial charge in [-0.1, -0.05) is 59.8 Å². The summed E-state index contributed by atoms with van der Waals surface area (Å²) in [6.07, 6.45) is 1.40. The first-order valence-corrected chi connectivity index (χ1v) is 13.6. The Balaban J connectivity index is 3.11. The SMILES string of the molecule is CC(C)C(C)(C)[Si](C)(C)O[C@@H](c1cnc(NC(=O)C(C)(C)C)s1)[C@@H](Cl)CN. The maximum Gasteiger partial charge on any atom is 0.231 e. The minimum Gasteiger partial charge on any atom is -0.407 e. The Morgan fingerprint density at radius 3 is 2.33 bits per heavy atom. The van der Waals surface area contributed by atoms with Crippen molar-refractivity contribution >= 4 is 42.3 Å². The standard InChI is InChI=1S/C19H36ClN3O2SSi/c1-12(2)19(6,7)27(8,9)25-15(13(20)10-21)14-11-22-17(26-14)23-16(24)18(3,4)5/h11-13,15H,10,21H2,1-9H3,(H,22,23,24)/t13-,15+/m0/s1. The maximum absolute atomic E-state index is 12.2. The number of nitrogens with one attached hydrogen (secondary N) is 1. The number of aromatic nitrogens is 1. The minimum atomic E-state index is -2.12. The van der Waals surface area contributed by atoms with Crippen molar-refractivity contribution in [1.82, 2.24) is 4.98 Å². The van der Waals surface area contributed by atoms with Gasteiger partial charge in [0.2, 0.25) is 5.91 Å². The molecule has 0 bridgehead atoms. The monoisotopic (exact) mass is 433 g/mol. The highest BCUT2D eigenvalue weighted by Gasteiger charge is 2.46. The average molecular weight is 434 g/mol. The van der Waals surface area contributed by atoms with Crippen molar-refractivity contribution in [2.24, 2.45) is 17.1 Å². The van der Waals surface area contributed by atoms with E-state index in [1.54, 1.807) is 6.20 Å². The minimum absolute atomic E-state index is 0.0599. The molecule has 27 heavy (non-hydrogen) atoms. The molecule has 0 aliphatic heterocycles. The van der Waals surface area contributed by atoms with Gasteiger partial charge >= 0.3 is 0 Å². The fourth-order valence-electron chi connectivity index (χ4n) is 2.36. The summed E-state index contributed by atoms with van der Waals surface area (Å²) in [5.41, 5.74) is 5.38. The molecule has 2 atom stereocenters. The van der Waals surface area contributed by atoms with E-state index in [4.69, 9.17) is 21.8 Å². The number of nitrogens with zero attached hydrogens (tertiary/aromatic N) is 1. The van der Waals surface area contributed by atoms with Crippen LogP contribution >= 0.6 is 22.9 Å². The van der Waals surface area contributed by atoms with Crippen LogP contribution in [0.1, 0.15) is 59.4 Å². The first-order valence-electron chi connectivity index (χ1n) is 9.42. The van der Waals surface area contributed by atoms with Gasteiger partial charge < -0.3 is 15.5 Å². The fourth-order valence-corrected chi connectivity index (χ4v) is 6.32. The fraction of sp³-hybridized carbons (Fsp3) is 0.789. The molecule has 5 nitrogen and oxygen atoms in total. The number of nitrogens with two attached hydrogens (primary N) is 1. The molecule has 1 heterocycles. The Morgan fingerprint density at radius 1 is 1.33 bits per heavy atom. The summed E-state index contributed by atoms with van der Waals surface area (Å²) in [7, 11) is -2.12. The molecule has 0 saturated carbocycles. The average Bonchev–Trinajstić information content (AvgIpc) is 2.98. The van der Waals surface area contributed by atoms with Gasteiger partial charge in [-0.15, -0.1) is 11.6 Å². The van der Waals surface area contributed by atoms with E-state index in [0.717, 1.165) is 4.88 Å². The first-order chi connectivity index (χ1) is 12.1. The molecule has 0 aromatic carbocycles. The van der Waals surface area contributed by atoms with Gasteiger partial charge in [0.05, 0.1) is 16.4 Å². The highest BCUT2D eigenvalue weighted by molar-refractivity contribution is 7.15. The molecule has 0 fully saturated rings. The molecule has 0 aliphatic rings. The van der Waals surface area contributed by atoms with Crippen LogP contribution in [0.25, 0.3) is 0 Å². The number of thiazole rings is 1. The predicted molar refractivity (Wildman–Crippen MR) is 119 cm³/mol. The van der Waals surface area contributed by atoms with Crippen LogP contribution in [0.5, 0.6) is 0 Å². The molecule has 1 aromatic heterocycles. The van der Waals surface area contributed by atoms with Crippen molar-refractivity contribution < 1.29 is 9.22 Å². The third-order valence-corrected chi connectivity index (χ3v) is 11.6. The summed E-state index contributed by atoms with van der Waals surface area (Å²) in [4.78, 5) is 17.5. The lowest BCUT2D eigenvalue weighted by Gasteiger charge is -2.44. The smallest absolute Gasteiger partial charge is 0.231 e. The van der Waals surface area contributed by atoms with Gasteiger partial charge in [0, 0.05) is 18.2 Å². The van der Waals surface area contributed by atoms with Crippen LogP contribution in [0.2, 0.25) is 18.1 Å². The van der Waals surface area contributed by atoms with Crippen molar-refractivity contribution in [3.8, 4) is 0 Å². The van der Waals surface area contributed by atoms with Crippen LogP contribution in [-0.2, 0) is 9.22 Å². The highest BCUT2D eigenvalue weighted by Crippen LogP contribution is 2.47. The van der Waals surface area contributed by atoms with E-state index in [1.807, 2.05) is 20.8 Å². The summed E-state index contributed by atoms with van der Waals surface area (Å²) in [6.45, 7) is 19.3. The van der Waals surface area contributed by atoms with E-state index in [0.29, 0.717) is 17.6 Å². The van der Waals surface area contributed by atoms with Crippen LogP contribution in [-0.4, -0.2) is 31.1 Å². The Morgan fingerprint density at radius 2 is 1.89 bits per heavy atom. The molecular weight excluding hydrogens is 398 g/mol. The number of carbonyl (C=O) groups excluding carboxylic acids is 1. The van der Waals surface area contributed by atoms with Gasteiger partial charge in [-0.05, 0) is 24.1 Å². The summed E-state index contributed by atoms with van der Waals surface area (Å²) in [6, 6.07) is 0. The topological polar surface area (TPSA) is 77.2 Å². The van der Waals surface area contributed by atoms with E-state index >= 15 is 0 Å². The second-order valence-electron chi connectivity index (χ2n) is 9.45. The molecule has 3 N–H and O–H groups in total. The molecule has 0 saturated heterocycles. The molecule has 8 heteroatoms. The number of rotatable bonds is 8. The van der Waals surface area contributed by atoms with Gasteiger partial charge in [0.25, 0.3) is 0 Å². The molecule has 0 spiro atoms. The van der Waals surface area contributed by atoms with Gasteiger partial charge in [0.1, 0.15) is 0 Å². The molecule has 156 valence electrons. The number of hydrogen-bond acceptors (Lipinski definition) is 5. The Hall–Kier alpha value is -0.473. The Bertz CT molecular complexity index is 641. The lowest BCUT2D eigenvalue weighted by Crippen LogP contribution is -2.47. The molecule has 0 aliphatic carbocycles. The van der Waals surface area contributed by atoms with Gasteiger partial charge in [-0.25, -0.2) is 4.98 Å². The molecule has 1 rings (SSSR count). The largest absolute Gasteiger partial charge is 0.407 e. The van der Waals surface area contributed by atoms with Crippen LogP contribution in [0.4, 0.5) is 5.13 Å². The predicted octanol–water partition coefficient (Wildman–Crippen LogP) is 5.39. The molecule has 1 amide bonds. The summed E-state index contributed by atoms with van der Waals surface area (Å²) >= 11 is 7.96. The number of amides is 1. The van der Waals surface area contributed by atoms with E-state index in [9.17, 15) is 4.79 Å². The van der Waals surface area contributed by atoms with Crippen molar-refractivity contribution in [3.63, 3.8) is 0 Å². The van der Waals surface area contributed by atoms with Crippen LogP contribution in [0, 0.1) is 11.3 Å². The second-order valence-corrected chi connectivity index (χ2v) is 15.6. The third kappa shape index (κ3) is 6.00. The van der Waals surface area contributed by atoms with E-state index in [1.165, 1.54) is 11.3 Å². The van der Waals surface area contributed by atoms with Crippen LogP contribution in [0.15, 0.2) is 6.20 Å². The third-order valence-electron chi connectivity index (χ3n) is 5.68. The molecule has 0 unspecified atom stereocenters. The van der Waals surface area contributed by atoms with Crippen LogP contribution in [0.3, 0.4) is 0 Å². The molecular formula is C19H36ClN3O2SSi. The zero-order valence-corrected chi connectivity index (χ0v) is 20.7. The first kappa shape index (κ1) is 24.6. The number of hydrogen-bond donors (Lipinski definition) is 2. The molecule has 1 aromatic rings. The Kier molecular flexibility index (Phi) is 8.10. The van der Waals surface area contributed by atoms with E-state index in [-0.39, 0.29) is 22.4 Å². The quantitative estimate of drug-likeness (QED) is 0.425. The number of anilines is 1. The lowest BCUT2D eigenvalue weighted by atomic mass is 9.96. The zero-order chi connectivity index (χ0) is 21.2. The summed E-state index contributed by atoms with van der Waals surface area (Å²) in [5.74, 6) is 0.410. The molecule has 0 radical (unpaired) electrons. The lowest BCUT2D eigenvalue weighted by molar-refractivity contribution is -0.123. The van der Waals surface area contributed by atoms with Crippen molar-refractivity contribution in [2.75, 3.05) is 11.9 Å². The van der Waals surface area contributed by atoms with Gasteiger partial charge in [0.15, 0.2) is 13.4 Å². The second kappa shape index (κ2) is 8.90. The number of alkyl halides is 1. The Labute approximate surface area is 174 Å². The summed E-state index contributed by atoms with van der Waals surface area (Å²) < 4.78 is 6.67. The highest BCUT2D eigenvalue weighted by atomic mass is 35.5. The summed E-state index contributed by atoms with van der Waals surface area (Å²) in [5, 5.41) is 3.14. The van der Waals surface area contributed by atoms with Gasteiger partial charge in [-0.2, -0.15) is 0 Å². The van der Waals surface area contributed by atoms with Crippen molar-refractivity contribution in [1.29, 1.82) is 0 Å². The normalized spacial score (nSPS) is 15.7. The van der Waals surface area contributed by atoms with E-state index < -0.39 is 13.7 Å². The number of carbonyl (C=O) groups is 1.